The summed E-state index contributed by atoms with van der Waals surface area (Å²) in [5.74, 6) is -1.32. The molecule has 0 radical (unpaired) electrons. The predicted molar refractivity (Wildman–Crippen MR) is 90.5 cm³/mol. The van der Waals surface area contributed by atoms with Crippen LogP contribution < -0.4 is 9.64 Å². The van der Waals surface area contributed by atoms with Gasteiger partial charge in [-0.2, -0.15) is 4.31 Å². The lowest BCUT2D eigenvalue weighted by molar-refractivity contribution is 0.204. The monoisotopic (exact) mass is 384 g/mol. The third-order valence-corrected chi connectivity index (χ3v) is 5.87. The van der Waals surface area contributed by atoms with Crippen molar-refractivity contribution < 1.29 is 21.9 Å². The first-order chi connectivity index (χ1) is 12.3. The maximum atomic E-state index is 13.3. The summed E-state index contributed by atoms with van der Waals surface area (Å²) in [6, 6.07) is 5.94. The summed E-state index contributed by atoms with van der Waals surface area (Å²) in [4.78, 5) is 1.51. The van der Waals surface area contributed by atoms with E-state index in [1.165, 1.54) is 4.31 Å². The minimum atomic E-state index is -3.92. The summed E-state index contributed by atoms with van der Waals surface area (Å²) in [5, 5.41) is 7.95. The Hall–Kier alpha value is -2.33. The summed E-state index contributed by atoms with van der Waals surface area (Å²) < 4.78 is 58.4. The Labute approximate surface area is 150 Å². The molecular weight excluding hydrogens is 366 g/mol. The normalized spacial score (nSPS) is 18.1. The summed E-state index contributed by atoms with van der Waals surface area (Å²) in [7, 11) is -0.245. The second-order valence-electron chi connectivity index (χ2n) is 6.09. The first-order valence-corrected chi connectivity index (χ1v) is 9.34. The number of benzene rings is 1. The smallest absolute Gasteiger partial charge is 0.243 e. The van der Waals surface area contributed by atoms with Crippen molar-refractivity contribution in [1.82, 2.24) is 14.5 Å². The zero-order valence-electron chi connectivity index (χ0n) is 14.3. The van der Waals surface area contributed by atoms with Crippen molar-refractivity contribution in [3.63, 3.8) is 0 Å². The van der Waals surface area contributed by atoms with Crippen LogP contribution >= 0.6 is 0 Å². The molecule has 1 atom stereocenters. The van der Waals surface area contributed by atoms with E-state index < -0.39 is 27.8 Å². The summed E-state index contributed by atoms with van der Waals surface area (Å²) in [6.45, 7) is 0.313. The van der Waals surface area contributed by atoms with Gasteiger partial charge in [0.25, 0.3) is 0 Å². The number of ether oxygens (including phenoxy) is 1. The van der Waals surface area contributed by atoms with E-state index in [-0.39, 0.29) is 18.0 Å². The number of nitrogens with zero attached hydrogens (tertiary/aromatic N) is 4. The quantitative estimate of drug-likeness (QED) is 0.781. The average Bonchev–Trinajstić information content (AvgIpc) is 3.07. The zero-order valence-corrected chi connectivity index (χ0v) is 15.1. The Bertz CT molecular complexity index is 891. The van der Waals surface area contributed by atoms with Crippen LogP contribution in [0.25, 0.3) is 0 Å². The molecule has 1 aliphatic heterocycles. The van der Waals surface area contributed by atoms with E-state index in [9.17, 15) is 17.2 Å². The van der Waals surface area contributed by atoms with Crippen molar-refractivity contribution in [3.8, 4) is 5.88 Å². The van der Waals surface area contributed by atoms with E-state index in [2.05, 4.69) is 10.2 Å². The lowest BCUT2D eigenvalue weighted by atomic mass is 10.3. The van der Waals surface area contributed by atoms with E-state index in [1.807, 2.05) is 14.1 Å². The molecule has 1 fully saturated rings. The molecule has 0 spiro atoms. The minimum absolute atomic E-state index is 0.0957. The van der Waals surface area contributed by atoms with E-state index in [1.54, 1.807) is 17.0 Å². The molecule has 0 aliphatic carbocycles. The Kier molecular flexibility index (Phi) is 5.05. The van der Waals surface area contributed by atoms with Crippen LogP contribution in [0.2, 0.25) is 0 Å². The van der Waals surface area contributed by atoms with Crippen LogP contribution in [0.15, 0.2) is 35.2 Å². The highest BCUT2D eigenvalue weighted by molar-refractivity contribution is 7.89. The van der Waals surface area contributed by atoms with Gasteiger partial charge in [0, 0.05) is 26.7 Å². The van der Waals surface area contributed by atoms with E-state index in [4.69, 9.17) is 4.74 Å². The van der Waals surface area contributed by atoms with Crippen molar-refractivity contribution in [2.45, 2.75) is 17.4 Å². The number of aromatic nitrogens is 2. The van der Waals surface area contributed by atoms with Gasteiger partial charge in [-0.05, 0) is 30.7 Å². The highest BCUT2D eigenvalue weighted by atomic mass is 32.2. The highest BCUT2D eigenvalue weighted by Gasteiger charge is 2.34. The van der Waals surface area contributed by atoms with Crippen LogP contribution in [0, 0.1) is 11.6 Å². The molecule has 10 heteroatoms. The summed E-state index contributed by atoms with van der Waals surface area (Å²) in [6.07, 6.45) is 0.0644. The molecule has 26 heavy (non-hydrogen) atoms. The lowest BCUT2D eigenvalue weighted by Gasteiger charge is -2.17. The van der Waals surface area contributed by atoms with Gasteiger partial charge in [0.2, 0.25) is 15.9 Å². The van der Waals surface area contributed by atoms with Crippen molar-refractivity contribution in [3.05, 3.63) is 42.0 Å². The molecule has 1 aromatic carbocycles. The Morgan fingerprint density at radius 1 is 1.15 bits per heavy atom. The fourth-order valence-electron chi connectivity index (χ4n) is 2.58. The van der Waals surface area contributed by atoms with Crippen LogP contribution in [-0.2, 0) is 10.0 Å². The van der Waals surface area contributed by atoms with Crippen LogP contribution in [0.4, 0.5) is 14.6 Å². The van der Waals surface area contributed by atoms with Crippen LogP contribution in [0.5, 0.6) is 5.88 Å². The fourth-order valence-corrected chi connectivity index (χ4v) is 4.08. The second-order valence-corrected chi connectivity index (χ2v) is 8.03. The standard InChI is InChI=1S/C16H18F2N4O3S/c1-21(2)15-5-6-16(20-19-15)25-11-7-8-22(10-11)26(23,24)12-3-4-13(17)14(18)9-12/h3-6,9,11H,7-8,10H2,1-2H3. The number of anilines is 1. The molecule has 2 aromatic rings. The van der Waals surface area contributed by atoms with Crippen LogP contribution in [0.1, 0.15) is 6.42 Å². The van der Waals surface area contributed by atoms with Crippen molar-refractivity contribution in [1.29, 1.82) is 0 Å². The molecule has 0 bridgehead atoms. The molecule has 1 unspecified atom stereocenters. The van der Waals surface area contributed by atoms with Gasteiger partial charge in [-0.15, -0.1) is 10.2 Å². The van der Waals surface area contributed by atoms with Gasteiger partial charge in [0.15, 0.2) is 17.5 Å². The first kappa shape index (κ1) is 18.5. The molecule has 0 amide bonds. The molecular formula is C16H18F2N4O3S. The Morgan fingerprint density at radius 3 is 2.54 bits per heavy atom. The molecule has 2 heterocycles. The number of halogens is 2. The number of sulfonamides is 1. The van der Waals surface area contributed by atoms with Crippen molar-refractivity contribution in [2.24, 2.45) is 0 Å². The molecule has 140 valence electrons. The Balaban J connectivity index is 1.68. The van der Waals surface area contributed by atoms with Crippen LogP contribution in [0.3, 0.4) is 0 Å². The summed E-state index contributed by atoms with van der Waals surface area (Å²) in [5.41, 5.74) is 0. The van der Waals surface area contributed by atoms with Crippen LogP contribution in [-0.4, -0.2) is 56.2 Å². The number of hydrogen-bond acceptors (Lipinski definition) is 6. The minimum Gasteiger partial charge on any atom is -0.472 e. The topological polar surface area (TPSA) is 75.6 Å². The van der Waals surface area contributed by atoms with Gasteiger partial charge < -0.3 is 9.64 Å². The fraction of sp³-hybridized carbons (Fsp3) is 0.375. The zero-order chi connectivity index (χ0) is 18.9. The Morgan fingerprint density at radius 2 is 1.92 bits per heavy atom. The third-order valence-electron chi connectivity index (χ3n) is 4.01. The number of rotatable bonds is 5. The maximum absolute atomic E-state index is 13.3. The van der Waals surface area contributed by atoms with E-state index in [0.29, 0.717) is 24.2 Å². The molecule has 1 aromatic heterocycles. The van der Waals surface area contributed by atoms with Crippen molar-refractivity contribution in [2.75, 3.05) is 32.1 Å². The van der Waals surface area contributed by atoms with Gasteiger partial charge in [0.05, 0.1) is 11.4 Å². The largest absolute Gasteiger partial charge is 0.472 e. The second kappa shape index (κ2) is 7.12. The molecule has 3 rings (SSSR count). The molecule has 1 saturated heterocycles. The lowest BCUT2D eigenvalue weighted by Crippen LogP contribution is -2.31. The third kappa shape index (κ3) is 3.75. The van der Waals surface area contributed by atoms with Gasteiger partial charge in [-0.1, -0.05) is 0 Å². The van der Waals surface area contributed by atoms with Gasteiger partial charge >= 0.3 is 0 Å². The molecule has 1 aliphatic rings. The maximum Gasteiger partial charge on any atom is 0.243 e. The van der Waals surface area contributed by atoms with Crippen molar-refractivity contribution >= 4 is 15.8 Å². The predicted octanol–water partition coefficient (Wildman–Crippen LogP) is 1.66. The molecule has 0 saturated carbocycles. The van der Waals surface area contributed by atoms with E-state index in [0.717, 1.165) is 12.1 Å². The number of hydrogen-bond donors (Lipinski definition) is 0. The van der Waals surface area contributed by atoms with Gasteiger partial charge in [-0.3, -0.25) is 0 Å². The van der Waals surface area contributed by atoms with Gasteiger partial charge in [-0.25, -0.2) is 17.2 Å². The summed E-state index contributed by atoms with van der Waals surface area (Å²) >= 11 is 0. The van der Waals surface area contributed by atoms with E-state index >= 15 is 0 Å². The average molecular weight is 384 g/mol. The SMILES string of the molecule is CN(C)c1ccc(OC2CCN(S(=O)(=O)c3ccc(F)c(F)c3)C2)nn1. The molecule has 0 N–H and O–H groups in total. The highest BCUT2D eigenvalue weighted by Crippen LogP contribution is 2.24. The first-order valence-electron chi connectivity index (χ1n) is 7.90. The van der Waals surface area contributed by atoms with Gasteiger partial charge in [0.1, 0.15) is 6.10 Å². The molecule has 7 nitrogen and oxygen atoms in total.